The smallest absolute Gasteiger partial charge is 0.220 e. The lowest BCUT2D eigenvalue weighted by Crippen LogP contribution is -2.38. The number of likely N-dealkylation sites (tertiary alicyclic amines) is 1. The molecule has 0 aliphatic carbocycles. The number of ether oxygens (including phenoxy) is 1. The highest BCUT2D eigenvalue weighted by atomic mass is 16.5. The van der Waals surface area contributed by atoms with Gasteiger partial charge in [0, 0.05) is 44.4 Å². The Hall–Kier alpha value is -1.46. The molecule has 2 aliphatic rings. The predicted molar refractivity (Wildman–Crippen MR) is 93.6 cm³/mol. The molecule has 1 amide bonds. The van der Waals surface area contributed by atoms with Crippen molar-refractivity contribution in [1.82, 2.24) is 15.2 Å². The lowest BCUT2D eigenvalue weighted by Gasteiger charge is -2.32. The number of rotatable bonds is 7. The van der Waals surface area contributed by atoms with Crippen LogP contribution in [0.2, 0.25) is 0 Å². The molecule has 2 aliphatic heterocycles. The number of pyridine rings is 1. The molecule has 132 valence electrons. The van der Waals surface area contributed by atoms with Gasteiger partial charge in [0.2, 0.25) is 5.91 Å². The summed E-state index contributed by atoms with van der Waals surface area (Å²) in [5.41, 5.74) is 1.02. The molecular formula is C19H29N3O2. The molecule has 0 spiro atoms. The summed E-state index contributed by atoms with van der Waals surface area (Å²) in [5.74, 6) is 1.73. The fourth-order valence-corrected chi connectivity index (χ4v) is 4.09. The quantitative estimate of drug-likeness (QED) is 0.827. The highest BCUT2D eigenvalue weighted by Gasteiger charge is 2.41. The Bertz CT molecular complexity index is 523. The van der Waals surface area contributed by atoms with Gasteiger partial charge in [-0.15, -0.1) is 0 Å². The number of nitrogens with zero attached hydrogens (tertiary/aromatic N) is 2. The molecule has 3 atom stereocenters. The van der Waals surface area contributed by atoms with Gasteiger partial charge in [0.25, 0.3) is 0 Å². The first kappa shape index (κ1) is 17.4. The summed E-state index contributed by atoms with van der Waals surface area (Å²) in [7, 11) is 0. The van der Waals surface area contributed by atoms with E-state index in [-0.39, 0.29) is 5.91 Å². The Labute approximate surface area is 144 Å². The third kappa shape index (κ3) is 4.54. The van der Waals surface area contributed by atoms with Gasteiger partial charge in [-0.25, -0.2) is 0 Å². The lowest BCUT2D eigenvalue weighted by molar-refractivity contribution is -0.124. The predicted octanol–water partition coefficient (Wildman–Crippen LogP) is 1.73. The summed E-state index contributed by atoms with van der Waals surface area (Å²) in [6, 6.07) is 5.88. The summed E-state index contributed by atoms with van der Waals surface area (Å²) in [4.78, 5) is 19.1. The van der Waals surface area contributed by atoms with Gasteiger partial charge in [0.15, 0.2) is 0 Å². The highest BCUT2D eigenvalue weighted by Crippen LogP contribution is 2.35. The first-order valence-electron chi connectivity index (χ1n) is 9.23. The van der Waals surface area contributed by atoms with Crippen LogP contribution in [0.1, 0.15) is 25.5 Å². The normalized spacial score (nSPS) is 27.0. The Kier molecular flexibility index (Phi) is 6.21. The molecule has 5 heteroatoms. The van der Waals surface area contributed by atoms with Crippen molar-refractivity contribution in [2.45, 2.75) is 26.2 Å². The summed E-state index contributed by atoms with van der Waals surface area (Å²) < 4.78 is 5.78. The van der Waals surface area contributed by atoms with Crippen LogP contribution in [0.5, 0.6) is 0 Å². The molecule has 3 rings (SSSR count). The maximum Gasteiger partial charge on any atom is 0.220 e. The lowest BCUT2D eigenvalue weighted by atomic mass is 9.81. The van der Waals surface area contributed by atoms with Crippen molar-refractivity contribution in [1.29, 1.82) is 0 Å². The van der Waals surface area contributed by atoms with Gasteiger partial charge >= 0.3 is 0 Å². The fourth-order valence-electron chi connectivity index (χ4n) is 4.09. The van der Waals surface area contributed by atoms with Gasteiger partial charge in [0.05, 0.1) is 13.2 Å². The van der Waals surface area contributed by atoms with E-state index < -0.39 is 0 Å². The minimum Gasteiger partial charge on any atom is -0.381 e. The molecule has 2 fully saturated rings. The van der Waals surface area contributed by atoms with Crippen molar-refractivity contribution in [3.05, 3.63) is 30.1 Å². The number of hydrogen-bond donors (Lipinski definition) is 1. The van der Waals surface area contributed by atoms with Crippen LogP contribution in [0.25, 0.3) is 0 Å². The summed E-state index contributed by atoms with van der Waals surface area (Å²) in [6.07, 6.45) is 4.35. The number of fused-ring (bicyclic) bond motifs is 1. The molecule has 3 heterocycles. The minimum absolute atomic E-state index is 0.147. The van der Waals surface area contributed by atoms with E-state index in [1.165, 1.54) is 6.42 Å². The second-order valence-electron chi connectivity index (χ2n) is 7.11. The van der Waals surface area contributed by atoms with Crippen LogP contribution in [-0.4, -0.2) is 55.2 Å². The molecule has 0 saturated carbocycles. The molecule has 0 aromatic carbocycles. The van der Waals surface area contributed by atoms with Gasteiger partial charge < -0.3 is 15.0 Å². The standard InChI is InChI=1S/C19H29N3O2/c1-2-9-22-11-16-14-24-13-15(18(16)12-22)10-19(23)21-8-6-17-5-3-4-7-20-17/h3-5,7,15-16,18H,2,6,8-14H2,1H3,(H,21,23)/t15-,16-,18+/m1/s1. The second-order valence-corrected chi connectivity index (χ2v) is 7.11. The van der Waals surface area contributed by atoms with E-state index in [0.29, 0.717) is 30.7 Å². The van der Waals surface area contributed by atoms with Crippen LogP contribution in [0.4, 0.5) is 0 Å². The minimum atomic E-state index is 0.147. The van der Waals surface area contributed by atoms with Crippen LogP contribution in [0.15, 0.2) is 24.4 Å². The van der Waals surface area contributed by atoms with Crippen LogP contribution < -0.4 is 5.32 Å². The van der Waals surface area contributed by atoms with Crippen LogP contribution >= 0.6 is 0 Å². The Morgan fingerprint density at radius 1 is 1.38 bits per heavy atom. The first-order chi connectivity index (χ1) is 11.8. The maximum atomic E-state index is 12.3. The molecule has 2 saturated heterocycles. The third-order valence-electron chi connectivity index (χ3n) is 5.25. The maximum absolute atomic E-state index is 12.3. The molecule has 5 nitrogen and oxygen atoms in total. The number of nitrogens with one attached hydrogen (secondary N) is 1. The first-order valence-corrected chi connectivity index (χ1v) is 9.23. The monoisotopic (exact) mass is 331 g/mol. The second kappa shape index (κ2) is 8.58. The van der Waals surface area contributed by atoms with Crippen molar-refractivity contribution in [3.8, 4) is 0 Å². The molecule has 0 unspecified atom stereocenters. The van der Waals surface area contributed by atoms with E-state index in [1.54, 1.807) is 6.20 Å². The zero-order chi connectivity index (χ0) is 16.8. The van der Waals surface area contributed by atoms with Gasteiger partial charge in [-0.05, 0) is 42.9 Å². The van der Waals surface area contributed by atoms with E-state index >= 15 is 0 Å². The van der Waals surface area contributed by atoms with E-state index in [4.69, 9.17) is 4.74 Å². The third-order valence-corrected chi connectivity index (χ3v) is 5.25. The largest absolute Gasteiger partial charge is 0.381 e. The van der Waals surface area contributed by atoms with Gasteiger partial charge in [0.1, 0.15) is 0 Å². The average Bonchev–Trinajstić information content (AvgIpc) is 3.00. The summed E-state index contributed by atoms with van der Waals surface area (Å²) in [5, 5.41) is 3.05. The van der Waals surface area contributed by atoms with Gasteiger partial charge in [-0.2, -0.15) is 0 Å². The molecule has 0 bridgehead atoms. The number of hydrogen-bond acceptors (Lipinski definition) is 4. The van der Waals surface area contributed by atoms with E-state index in [1.807, 2.05) is 18.2 Å². The summed E-state index contributed by atoms with van der Waals surface area (Å²) in [6.45, 7) is 7.90. The van der Waals surface area contributed by atoms with Gasteiger partial charge in [-0.1, -0.05) is 13.0 Å². The molecule has 24 heavy (non-hydrogen) atoms. The van der Waals surface area contributed by atoms with Crippen molar-refractivity contribution in [2.75, 3.05) is 39.4 Å². The highest BCUT2D eigenvalue weighted by molar-refractivity contribution is 5.76. The van der Waals surface area contributed by atoms with Crippen molar-refractivity contribution in [3.63, 3.8) is 0 Å². The number of carbonyl (C=O) groups excluding carboxylic acids is 1. The molecule has 1 aromatic rings. The van der Waals surface area contributed by atoms with Crippen LogP contribution in [0.3, 0.4) is 0 Å². The summed E-state index contributed by atoms with van der Waals surface area (Å²) >= 11 is 0. The van der Waals surface area contributed by atoms with E-state index in [9.17, 15) is 4.79 Å². The van der Waals surface area contributed by atoms with Crippen molar-refractivity contribution in [2.24, 2.45) is 17.8 Å². The van der Waals surface area contributed by atoms with E-state index in [0.717, 1.165) is 45.0 Å². The zero-order valence-corrected chi connectivity index (χ0v) is 14.6. The molecule has 0 radical (unpaired) electrons. The van der Waals surface area contributed by atoms with E-state index in [2.05, 4.69) is 22.1 Å². The van der Waals surface area contributed by atoms with Crippen LogP contribution in [-0.2, 0) is 16.0 Å². The van der Waals surface area contributed by atoms with Gasteiger partial charge in [-0.3, -0.25) is 9.78 Å². The van der Waals surface area contributed by atoms with Crippen molar-refractivity contribution < 1.29 is 9.53 Å². The SMILES string of the molecule is CCCN1C[C@@H]2COC[C@@H](CC(=O)NCCc3ccccn3)[C@@H]2C1. The molecular weight excluding hydrogens is 302 g/mol. The van der Waals surface area contributed by atoms with Crippen LogP contribution in [0, 0.1) is 17.8 Å². The topological polar surface area (TPSA) is 54.5 Å². The Balaban J connectivity index is 1.43. The number of aromatic nitrogens is 1. The Morgan fingerprint density at radius 2 is 2.29 bits per heavy atom. The Morgan fingerprint density at radius 3 is 3.08 bits per heavy atom. The van der Waals surface area contributed by atoms with Crippen molar-refractivity contribution >= 4 is 5.91 Å². The molecule has 1 N–H and O–H groups in total. The average molecular weight is 331 g/mol. The fraction of sp³-hybridized carbons (Fsp3) is 0.684. The number of carbonyl (C=O) groups is 1. The molecule has 1 aromatic heterocycles. The number of amides is 1. The zero-order valence-electron chi connectivity index (χ0n) is 14.6.